The summed E-state index contributed by atoms with van der Waals surface area (Å²) in [6.07, 6.45) is 5.39. The van der Waals surface area contributed by atoms with E-state index < -0.39 is 0 Å². The summed E-state index contributed by atoms with van der Waals surface area (Å²) >= 11 is 5.56. The highest BCUT2D eigenvalue weighted by atomic mass is 35.5. The average Bonchev–Trinajstić information content (AvgIpc) is 2.92. The maximum absolute atomic E-state index is 10.7. The Hall–Kier alpha value is -2.33. The molecule has 0 saturated heterocycles. The van der Waals surface area contributed by atoms with Crippen LogP contribution in [-0.2, 0) is 14.1 Å². The minimum Gasteiger partial charge on any atom is -0.340 e. The zero-order valence-electron chi connectivity index (χ0n) is 11.9. The van der Waals surface area contributed by atoms with Crippen molar-refractivity contribution in [3.05, 3.63) is 76.6 Å². The van der Waals surface area contributed by atoms with E-state index in [4.69, 9.17) is 11.6 Å². The van der Waals surface area contributed by atoms with Crippen LogP contribution in [0.15, 0.2) is 66.0 Å². The Labute approximate surface area is 128 Å². The summed E-state index contributed by atoms with van der Waals surface area (Å²) < 4.78 is 3.38. The van der Waals surface area contributed by atoms with Crippen LogP contribution in [0.4, 0.5) is 0 Å². The zero-order valence-corrected chi connectivity index (χ0v) is 12.7. The number of nitrogens with zero attached hydrogens (tertiary/aromatic N) is 3. The Kier molecular flexibility index (Phi) is 4.95. The Balaban J connectivity index is 0.000000161. The predicted molar refractivity (Wildman–Crippen MR) is 85.3 cm³/mol. The predicted octanol–water partition coefficient (Wildman–Crippen LogP) is 3.13. The van der Waals surface area contributed by atoms with Gasteiger partial charge in [0.15, 0.2) is 0 Å². The number of halogens is 1. The molecule has 1 aromatic carbocycles. The molecule has 108 valence electrons. The first-order valence-electron chi connectivity index (χ1n) is 6.42. The van der Waals surface area contributed by atoms with Crippen LogP contribution in [0.25, 0.3) is 11.3 Å². The average molecular weight is 302 g/mol. The van der Waals surface area contributed by atoms with Gasteiger partial charge in [0, 0.05) is 38.1 Å². The van der Waals surface area contributed by atoms with E-state index in [1.165, 1.54) is 10.6 Å². The number of pyridine rings is 1. The third kappa shape index (κ3) is 4.33. The number of hydrogen-bond acceptors (Lipinski definition) is 2. The lowest BCUT2D eigenvalue weighted by molar-refractivity contribution is 0.860. The lowest BCUT2D eigenvalue weighted by Gasteiger charge is -1.93. The van der Waals surface area contributed by atoms with Gasteiger partial charge in [0.25, 0.3) is 0 Å². The van der Waals surface area contributed by atoms with E-state index in [0.29, 0.717) is 5.02 Å². The van der Waals surface area contributed by atoms with Gasteiger partial charge >= 0.3 is 0 Å². The molecule has 3 aromatic rings. The van der Waals surface area contributed by atoms with Crippen LogP contribution in [0.2, 0.25) is 5.02 Å². The van der Waals surface area contributed by atoms with E-state index in [1.54, 1.807) is 19.3 Å². The molecule has 5 heteroatoms. The first-order valence-corrected chi connectivity index (χ1v) is 6.79. The molecule has 0 amide bonds. The highest BCUT2D eigenvalue weighted by Gasteiger charge is 1.97. The first kappa shape index (κ1) is 15.1. The molecule has 0 spiro atoms. The number of hydrogen-bond donors (Lipinski definition) is 0. The molecule has 0 saturated carbocycles. The van der Waals surface area contributed by atoms with Crippen LogP contribution in [0, 0.1) is 0 Å². The summed E-state index contributed by atoms with van der Waals surface area (Å²) in [5.74, 6) is 0. The molecule has 0 radical (unpaired) electrons. The second kappa shape index (κ2) is 6.90. The third-order valence-corrected chi connectivity index (χ3v) is 3.05. The van der Waals surface area contributed by atoms with Gasteiger partial charge in [-0.2, -0.15) is 0 Å². The van der Waals surface area contributed by atoms with Crippen molar-refractivity contribution in [2.45, 2.75) is 0 Å². The van der Waals surface area contributed by atoms with Gasteiger partial charge in [-0.05, 0) is 6.07 Å². The van der Waals surface area contributed by atoms with E-state index in [1.807, 2.05) is 42.3 Å². The van der Waals surface area contributed by atoms with Crippen molar-refractivity contribution < 1.29 is 0 Å². The second-order valence-corrected chi connectivity index (χ2v) is 5.02. The van der Waals surface area contributed by atoms with Crippen LogP contribution < -0.4 is 5.56 Å². The van der Waals surface area contributed by atoms with Crippen LogP contribution in [0.3, 0.4) is 0 Å². The number of rotatable bonds is 1. The molecule has 4 nitrogen and oxygen atoms in total. The van der Waals surface area contributed by atoms with Gasteiger partial charge < -0.3 is 9.13 Å². The second-order valence-electron chi connectivity index (χ2n) is 4.59. The van der Waals surface area contributed by atoms with Gasteiger partial charge in [-0.1, -0.05) is 41.9 Å². The molecule has 21 heavy (non-hydrogen) atoms. The highest BCUT2D eigenvalue weighted by molar-refractivity contribution is 6.30. The Morgan fingerprint density at radius 1 is 1.00 bits per heavy atom. The Morgan fingerprint density at radius 2 is 1.71 bits per heavy atom. The van der Waals surface area contributed by atoms with Gasteiger partial charge in [0.2, 0.25) is 5.56 Å². The summed E-state index contributed by atoms with van der Waals surface area (Å²) in [7, 11) is 3.63. The molecular weight excluding hydrogens is 286 g/mol. The van der Waals surface area contributed by atoms with Crippen molar-refractivity contribution in [3.8, 4) is 11.3 Å². The van der Waals surface area contributed by atoms with Crippen LogP contribution in [0.5, 0.6) is 0 Å². The number of benzene rings is 1. The minimum atomic E-state index is -0.0422. The standard InChI is InChI=1S/C10H10N2.C6H6ClNO/c1-12-7-10(11-8-12)9-5-3-2-4-6-9;1-8-4-5(7)2-3-6(8)9/h2-8H,1H3;2-4H,1H3. The fourth-order valence-electron chi connectivity index (χ4n) is 1.73. The van der Waals surface area contributed by atoms with E-state index >= 15 is 0 Å². The Bertz CT molecular complexity index is 762. The van der Waals surface area contributed by atoms with E-state index in [-0.39, 0.29) is 5.56 Å². The normalized spacial score (nSPS) is 9.86. The number of aryl methyl sites for hydroxylation is 2. The smallest absolute Gasteiger partial charge is 0.250 e. The van der Waals surface area contributed by atoms with E-state index in [2.05, 4.69) is 17.1 Å². The molecule has 0 bridgehead atoms. The lowest BCUT2D eigenvalue weighted by Crippen LogP contribution is -2.13. The van der Waals surface area contributed by atoms with Gasteiger partial charge in [0.05, 0.1) is 17.0 Å². The third-order valence-electron chi connectivity index (χ3n) is 2.82. The number of imidazole rings is 1. The van der Waals surface area contributed by atoms with Crippen molar-refractivity contribution in [3.63, 3.8) is 0 Å². The first-order chi connectivity index (χ1) is 10.1. The molecule has 3 rings (SSSR count). The summed E-state index contributed by atoms with van der Waals surface area (Å²) in [6.45, 7) is 0. The maximum atomic E-state index is 10.7. The quantitative estimate of drug-likeness (QED) is 0.693. The monoisotopic (exact) mass is 301 g/mol. The van der Waals surface area contributed by atoms with Gasteiger partial charge in [-0.15, -0.1) is 0 Å². The van der Waals surface area contributed by atoms with E-state index in [0.717, 1.165) is 11.3 Å². The molecule has 0 fully saturated rings. The molecule has 0 aliphatic rings. The van der Waals surface area contributed by atoms with Crippen molar-refractivity contribution in [1.29, 1.82) is 0 Å². The van der Waals surface area contributed by atoms with Crippen molar-refractivity contribution in [2.75, 3.05) is 0 Å². The van der Waals surface area contributed by atoms with Crippen molar-refractivity contribution in [2.24, 2.45) is 14.1 Å². The van der Waals surface area contributed by atoms with Crippen molar-refractivity contribution in [1.82, 2.24) is 14.1 Å². The van der Waals surface area contributed by atoms with Gasteiger partial charge in [0.1, 0.15) is 0 Å². The van der Waals surface area contributed by atoms with Crippen LogP contribution in [0.1, 0.15) is 0 Å². The summed E-state index contributed by atoms with van der Waals surface area (Å²) in [5, 5.41) is 0.581. The SMILES string of the molecule is Cn1cc(Cl)ccc1=O.Cn1cnc(-c2ccccc2)c1. The van der Waals surface area contributed by atoms with Gasteiger partial charge in [-0.25, -0.2) is 4.98 Å². The fourth-order valence-corrected chi connectivity index (χ4v) is 1.94. The van der Waals surface area contributed by atoms with Crippen LogP contribution in [-0.4, -0.2) is 14.1 Å². The molecule has 0 aliphatic carbocycles. The van der Waals surface area contributed by atoms with E-state index in [9.17, 15) is 4.79 Å². The zero-order chi connectivity index (χ0) is 15.2. The highest BCUT2D eigenvalue weighted by Crippen LogP contribution is 2.14. The molecule has 2 heterocycles. The maximum Gasteiger partial charge on any atom is 0.250 e. The summed E-state index contributed by atoms with van der Waals surface area (Å²) in [5.41, 5.74) is 2.15. The molecule has 0 N–H and O–H groups in total. The molecule has 0 atom stereocenters. The fraction of sp³-hybridized carbons (Fsp3) is 0.125. The summed E-state index contributed by atoms with van der Waals surface area (Å²) in [4.78, 5) is 14.9. The van der Waals surface area contributed by atoms with Gasteiger partial charge in [-0.3, -0.25) is 4.79 Å². The Morgan fingerprint density at radius 3 is 2.24 bits per heavy atom. The molecule has 2 aromatic heterocycles. The largest absolute Gasteiger partial charge is 0.340 e. The minimum absolute atomic E-state index is 0.0422. The molecular formula is C16H16ClN3O. The lowest BCUT2D eigenvalue weighted by atomic mass is 10.2. The van der Waals surface area contributed by atoms with Crippen LogP contribution >= 0.6 is 11.6 Å². The topological polar surface area (TPSA) is 39.8 Å². The molecule has 0 aliphatic heterocycles. The van der Waals surface area contributed by atoms with Crippen molar-refractivity contribution >= 4 is 11.6 Å². The molecule has 0 unspecified atom stereocenters. The number of aromatic nitrogens is 3. The summed E-state index contributed by atoms with van der Waals surface area (Å²) in [6, 6.07) is 13.2.